The van der Waals surface area contributed by atoms with Crippen LogP contribution in [0, 0.1) is 10.1 Å². The normalized spacial score (nSPS) is 16.5. The van der Waals surface area contributed by atoms with E-state index in [1.807, 2.05) is 0 Å². The van der Waals surface area contributed by atoms with Gasteiger partial charge in [-0.1, -0.05) is 11.6 Å². The lowest BCUT2D eigenvalue weighted by molar-refractivity contribution is -0.385. The Kier molecular flexibility index (Phi) is 3.68. The summed E-state index contributed by atoms with van der Waals surface area (Å²) in [6.45, 7) is -0.189. The summed E-state index contributed by atoms with van der Waals surface area (Å²) in [6, 6.07) is 1.24. The third-order valence-electron chi connectivity index (χ3n) is 3.30. The van der Waals surface area contributed by atoms with Crippen molar-refractivity contribution in [1.82, 2.24) is 10.3 Å². The van der Waals surface area contributed by atoms with Crippen LogP contribution in [0.15, 0.2) is 12.3 Å². The van der Waals surface area contributed by atoms with E-state index in [0.29, 0.717) is 12.8 Å². The van der Waals surface area contributed by atoms with Crippen molar-refractivity contribution in [3.63, 3.8) is 0 Å². The van der Waals surface area contributed by atoms with Gasteiger partial charge in [0.1, 0.15) is 5.56 Å². The molecule has 1 aliphatic rings. The average Bonchev–Trinajstić information content (AvgIpc) is 2.32. The minimum Gasteiger partial charge on any atom is -0.394 e. The lowest BCUT2D eigenvalue weighted by Gasteiger charge is -2.40. The molecule has 1 aliphatic carbocycles. The second-order valence-corrected chi connectivity index (χ2v) is 4.86. The number of nitro groups is 1. The predicted octanol–water partition coefficient (Wildman–Crippen LogP) is 1.29. The van der Waals surface area contributed by atoms with E-state index in [2.05, 4.69) is 10.3 Å². The van der Waals surface area contributed by atoms with E-state index in [1.165, 1.54) is 12.3 Å². The summed E-state index contributed by atoms with van der Waals surface area (Å²) in [5.41, 5.74) is -1.33. The van der Waals surface area contributed by atoms with Gasteiger partial charge >= 0.3 is 5.69 Å². The number of pyridine rings is 1. The molecule has 102 valence electrons. The molecule has 1 amide bonds. The maximum Gasteiger partial charge on any atom is 0.319 e. The highest BCUT2D eigenvalue weighted by molar-refractivity contribution is 6.32. The molecule has 0 saturated heterocycles. The molecule has 0 aliphatic heterocycles. The van der Waals surface area contributed by atoms with Crippen molar-refractivity contribution in [3.05, 3.63) is 33.1 Å². The molecule has 2 N–H and O–H groups in total. The van der Waals surface area contributed by atoms with E-state index >= 15 is 0 Å². The van der Waals surface area contributed by atoms with Gasteiger partial charge < -0.3 is 10.4 Å². The second kappa shape index (κ2) is 5.10. The zero-order valence-corrected chi connectivity index (χ0v) is 10.7. The standard InChI is InChI=1S/C11H12ClN3O4/c12-9-8(15(18)19)7(2-5-13-9)10(17)14-11(6-16)3-1-4-11/h2,5,16H,1,3-4,6H2,(H,14,17). The van der Waals surface area contributed by atoms with Crippen LogP contribution in [-0.4, -0.2) is 33.1 Å². The molecular weight excluding hydrogens is 274 g/mol. The van der Waals surface area contributed by atoms with Gasteiger partial charge in [0, 0.05) is 6.20 Å². The van der Waals surface area contributed by atoms with Gasteiger partial charge in [-0.3, -0.25) is 14.9 Å². The van der Waals surface area contributed by atoms with E-state index < -0.39 is 22.1 Å². The summed E-state index contributed by atoms with van der Waals surface area (Å²) in [5, 5.41) is 22.5. The fourth-order valence-electron chi connectivity index (χ4n) is 2.02. The maximum absolute atomic E-state index is 12.1. The van der Waals surface area contributed by atoms with Crippen molar-refractivity contribution in [2.24, 2.45) is 0 Å². The van der Waals surface area contributed by atoms with Crippen molar-refractivity contribution in [2.75, 3.05) is 6.61 Å². The third kappa shape index (κ3) is 2.52. The molecule has 1 saturated carbocycles. The fraction of sp³-hybridized carbons (Fsp3) is 0.455. The number of nitrogens with zero attached hydrogens (tertiary/aromatic N) is 2. The third-order valence-corrected chi connectivity index (χ3v) is 3.58. The minimum absolute atomic E-state index is 0.148. The molecule has 8 heteroatoms. The topological polar surface area (TPSA) is 105 Å². The number of aliphatic hydroxyl groups excluding tert-OH is 1. The van der Waals surface area contributed by atoms with E-state index in [4.69, 9.17) is 11.6 Å². The smallest absolute Gasteiger partial charge is 0.319 e. The first kappa shape index (κ1) is 13.7. The number of aliphatic hydroxyl groups is 1. The molecule has 7 nitrogen and oxygen atoms in total. The van der Waals surface area contributed by atoms with Crippen LogP contribution in [0.25, 0.3) is 0 Å². The van der Waals surface area contributed by atoms with E-state index in [0.717, 1.165) is 6.42 Å². The highest BCUT2D eigenvalue weighted by Crippen LogP contribution is 2.33. The van der Waals surface area contributed by atoms with Crippen molar-refractivity contribution in [3.8, 4) is 0 Å². The molecule has 1 heterocycles. The van der Waals surface area contributed by atoms with E-state index in [1.54, 1.807) is 0 Å². The van der Waals surface area contributed by atoms with Crippen molar-refractivity contribution in [2.45, 2.75) is 24.8 Å². The van der Waals surface area contributed by atoms with Gasteiger partial charge in [-0.2, -0.15) is 0 Å². The summed E-state index contributed by atoms with van der Waals surface area (Å²) >= 11 is 5.64. The summed E-state index contributed by atoms with van der Waals surface area (Å²) in [7, 11) is 0. The van der Waals surface area contributed by atoms with Crippen LogP contribution in [0.2, 0.25) is 5.15 Å². The molecule has 0 atom stereocenters. The first-order valence-electron chi connectivity index (χ1n) is 5.71. The fourth-order valence-corrected chi connectivity index (χ4v) is 2.25. The minimum atomic E-state index is -0.739. The summed E-state index contributed by atoms with van der Waals surface area (Å²) in [6.07, 6.45) is 3.44. The van der Waals surface area contributed by atoms with E-state index in [9.17, 15) is 20.0 Å². The predicted molar refractivity (Wildman–Crippen MR) is 67.0 cm³/mol. The number of rotatable bonds is 4. The van der Waals surface area contributed by atoms with Gasteiger partial charge in [-0.25, -0.2) is 4.98 Å². The Labute approximate surface area is 113 Å². The Hall–Kier alpha value is -1.73. The number of halogens is 1. The molecule has 0 bridgehead atoms. The van der Waals surface area contributed by atoms with Crippen LogP contribution in [-0.2, 0) is 0 Å². The van der Waals surface area contributed by atoms with Crippen molar-refractivity contribution in [1.29, 1.82) is 0 Å². The van der Waals surface area contributed by atoms with Crippen LogP contribution in [0.4, 0.5) is 5.69 Å². The molecule has 1 aromatic rings. The van der Waals surface area contributed by atoms with Gasteiger partial charge in [0.05, 0.1) is 17.1 Å². The van der Waals surface area contributed by atoms with Crippen LogP contribution in [0.5, 0.6) is 0 Å². The summed E-state index contributed by atoms with van der Waals surface area (Å²) < 4.78 is 0. The number of aromatic nitrogens is 1. The molecule has 0 aromatic carbocycles. The Bertz CT molecular complexity index is 525. The number of hydrogen-bond acceptors (Lipinski definition) is 5. The number of carbonyl (C=O) groups is 1. The molecule has 0 radical (unpaired) electrons. The summed E-state index contributed by atoms with van der Waals surface area (Å²) in [4.78, 5) is 25.8. The second-order valence-electron chi connectivity index (χ2n) is 4.50. The van der Waals surface area contributed by atoms with Crippen LogP contribution >= 0.6 is 11.6 Å². The van der Waals surface area contributed by atoms with Gasteiger partial charge in [0.25, 0.3) is 5.91 Å². The van der Waals surface area contributed by atoms with Gasteiger partial charge in [-0.15, -0.1) is 0 Å². The zero-order valence-electron chi connectivity index (χ0n) is 9.93. The molecule has 19 heavy (non-hydrogen) atoms. The van der Waals surface area contributed by atoms with Crippen LogP contribution in [0.3, 0.4) is 0 Å². The number of amides is 1. The molecule has 0 spiro atoms. The molecule has 1 fully saturated rings. The van der Waals surface area contributed by atoms with Gasteiger partial charge in [-0.05, 0) is 25.3 Å². The molecular formula is C11H12ClN3O4. The zero-order chi connectivity index (χ0) is 14.0. The maximum atomic E-state index is 12.1. The van der Waals surface area contributed by atoms with Crippen molar-refractivity contribution >= 4 is 23.2 Å². The number of carbonyl (C=O) groups excluding carboxylic acids is 1. The highest BCUT2D eigenvalue weighted by atomic mass is 35.5. The number of hydrogen-bond donors (Lipinski definition) is 2. The Balaban J connectivity index is 2.29. The lowest BCUT2D eigenvalue weighted by Crippen LogP contribution is -2.56. The largest absolute Gasteiger partial charge is 0.394 e. The Morgan fingerprint density at radius 1 is 1.63 bits per heavy atom. The van der Waals surface area contributed by atoms with E-state index in [-0.39, 0.29) is 17.3 Å². The van der Waals surface area contributed by atoms with Gasteiger partial charge in [0.2, 0.25) is 5.15 Å². The Morgan fingerprint density at radius 3 is 2.79 bits per heavy atom. The van der Waals surface area contributed by atoms with Crippen LogP contribution in [0.1, 0.15) is 29.6 Å². The quantitative estimate of drug-likeness (QED) is 0.492. The summed E-state index contributed by atoms with van der Waals surface area (Å²) in [5.74, 6) is -0.621. The average molecular weight is 286 g/mol. The molecule has 2 rings (SSSR count). The molecule has 1 aromatic heterocycles. The Morgan fingerprint density at radius 2 is 2.32 bits per heavy atom. The lowest BCUT2D eigenvalue weighted by atomic mass is 9.77. The first-order valence-corrected chi connectivity index (χ1v) is 6.09. The SMILES string of the molecule is O=C(NC1(CO)CCC1)c1ccnc(Cl)c1[N+](=O)[O-]. The first-order chi connectivity index (χ1) is 8.99. The van der Waals surface area contributed by atoms with Crippen LogP contribution < -0.4 is 5.32 Å². The van der Waals surface area contributed by atoms with Gasteiger partial charge in [0.15, 0.2) is 0 Å². The molecule has 0 unspecified atom stereocenters. The highest BCUT2D eigenvalue weighted by Gasteiger charge is 2.39. The van der Waals surface area contributed by atoms with Crippen molar-refractivity contribution < 1.29 is 14.8 Å². The number of nitrogens with one attached hydrogen (secondary N) is 1. The monoisotopic (exact) mass is 285 g/mol.